The number of aryl methyl sites for hydroxylation is 1. The van der Waals surface area contributed by atoms with Crippen molar-refractivity contribution in [3.05, 3.63) is 64.5 Å². The number of carbonyl (C=O) groups excluding carboxylic acids is 3. The lowest BCUT2D eigenvalue weighted by molar-refractivity contribution is -0.119. The van der Waals surface area contributed by atoms with Crippen LogP contribution < -0.4 is 15.8 Å². The second-order valence-electron chi connectivity index (χ2n) is 6.79. The van der Waals surface area contributed by atoms with E-state index in [0.717, 1.165) is 11.1 Å². The molecule has 0 unspecified atom stereocenters. The molecular formula is C23H22N2O6S. The largest absolute Gasteiger partial charge is 0.495 e. The maximum absolute atomic E-state index is 12.4. The Kier molecular flexibility index (Phi) is 7.11. The number of hydrogen-bond acceptors (Lipinski definition) is 8. The molecule has 0 spiro atoms. The minimum Gasteiger partial charge on any atom is -0.495 e. The SMILES string of the molecule is COC(=O)c1c(-c2ccc(C)cc2)csc1NC(=O)COC(=O)c1ccc(OC)c(N)c1. The summed E-state index contributed by atoms with van der Waals surface area (Å²) in [5.74, 6) is -1.46. The highest BCUT2D eigenvalue weighted by molar-refractivity contribution is 7.15. The molecule has 0 fully saturated rings. The van der Waals surface area contributed by atoms with Gasteiger partial charge in [0.25, 0.3) is 5.91 Å². The van der Waals surface area contributed by atoms with Crippen LogP contribution in [0.4, 0.5) is 10.7 Å². The summed E-state index contributed by atoms with van der Waals surface area (Å²) in [7, 11) is 2.73. The first kappa shape index (κ1) is 22.8. The highest BCUT2D eigenvalue weighted by Gasteiger charge is 2.23. The zero-order valence-electron chi connectivity index (χ0n) is 17.8. The number of benzene rings is 2. The molecule has 0 bridgehead atoms. The lowest BCUT2D eigenvalue weighted by atomic mass is 10.0. The van der Waals surface area contributed by atoms with Gasteiger partial charge in [0.2, 0.25) is 0 Å². The molecule has 2 aromatic carbocycles. The van der Waals surface area contributed by atoms with E-state index in [9.17, 15) is 14.4 Å². The van der Waals surface area contributed by atoms with Gasteiger partial charge in [0.15, 0.2) is 6.61 Å². The minimum atomic E-state index is -0.714. The Bertz CT molecular complexity index is 1150. The van der Waals surface area contributed by atoms with E-state index < -0.39 is 24.5 Å². The summed E-state index contributed by atoms with van der Waals surface area (Å²) in [6, 6.07) is 12.1. The Morgan fingerprint density at radius 1 is 1.03 bits per heavy atom. The number of rotatable bonds is 7. The molecule has 3 N–H and O–H groups in total. The summed E-state index contributed by atoms with van der Waals surface area (Å²) >= 11 is 1.18. The third kappa shape index (κ3) is 5.06. The molecule has 1 amide bonds. The van der Waals surface area contributed by atoms with E-state index in [-0.39, 0.29) is 16.8 Å². The second-order valence-corrected chi connectivity index (χ2v) is 7.67. The summed E-state index contributed by atoms with van der Waals surface area (Å²) in [5, 5.41) is 4.69. The predicted octanol–water partition coefficient (Wildman–Crippen LogP) is 3.90. The zero-order chi connectivity index (χ0) is 23.3. The van der Waals surface area contributed by atoms with E-state index in [1.807, 2.05) is 31.2 Å². The van der Waals surface area contributed by atoms with Crippen LogP contribution in [0.3, 0.4) is 0 Å². The molecule has 3 aromatic rings. The van der Waals surface area contributed by atoms with Crippen LogP contribution >= 0.6 is 11.3 Å². The molecule has 0 saturated carbocycles. The number of hydrogen-bond donors (Lipinski definition) is 2. The Morgan fingerprint density at radius 3 is 2.38 bits per heavy atom. The van der Waals surface area contributed by atoms with Crippen molar-refractivity contribution in [2.24, 2.45) is 0 Å². The average molecular weight is 455 g/mol. The molecule has 0 atom stereocenters. The molecule has 0 aliphatic carbocycles. The summed E-state index contributed by atoms with van der Waals surface area (Å²) in [4.78, 5) is 37.0. The number of thiophene rings is 1. The average Bonchev–Trinajstić information content (AvgIpc) is 3.20. The van der Waals surface area contributed by atoms with Gasteiger partial charge in [-0.2, -0.15) is 0 Å². The van der Waals surface area contributed by atoms with Crippen molar-refractivity contribution in [2.45, 2.75) is 6.92 Å². The van der Waals surface area contributed by atoms with Crippen molar-refractivity contribution in [2.75, 3.05) is 31.9 Å². The van der Waals surface area contributed by atoms with Crippen LogP contribution in [-0.2, 0) is 14.3 Å². The summed E-state index contributed by atoms with van der Waals surface area (Å²) in [5.41, 5.74) is 9.03. The molecule has 166 valence electrons. The van der Waals surface area contributed by atoms with Gasteiger partial charge in [0.1, 0.15) is 16.3 Å². The highest BCUT2D eigenvalue weighted by atomic mass is 32.1. The third-order valence-corrected chi connectivity index (χ3v) is 5.49. The second kappa shape index (κ2) is 9.97. The number of ether oxygens (including phenoxy) is 3. The number of nitrogen functional groups attached to an aromatic ring is 1. The summed E-state index contributed by atoms with van der Waals surface area (Å²) in [6.45, 7) is 1.43. The van der Waals surface area contributed by atoms with Crippen LogP contribution in [0.25, 0.3) is 11.1 Å². The fourth-order valence-corrected chi connectivity index (χ4v) is 3.91. The molecular weight excluding hydrogens is 432 g/mol. The van der Waals surface area contributed by atoms with Gasteiger partial charge >= 0.3 is 11.9 Å². The first-order valence-corrected chi connectivity index (χ1v) is 10.4. The quantitative estimate of drug-likeness (QED) is 0.411. The first-order chi connectivity index (χ1) is 15.3. The number of nitrogens with one attached hydrogen (secondary N) is 1. The van der Waals surface area contributed by atoms with Crippen molar-refractivity contribution < 1.29 is 28.6 Å². The zero-order valence-corrected chi connectivity index (χ0v) is 18.6. The molecule has 32 heavy (non-hydrogen) atoms. The van der Waals surface area contributed by atoms with Crippen LogP contribution in [0.2, 0.25) is 0 Å². The Balaban J connectivity index is 1.72. The van der Waals surface area contributed by atoms with Gasteiger partial charge in [-0.15, -0.1) is 11.3 Å². The van der Waals surface area contributed by atoms with E-state index in [1.165, 1.54) is 43.8 Å². The first-order valence-electron chi connectivity index (χ1n) is 9.51. The van der Waals surface area contributed by atoms with Gasteiger partial charge in [0, 0.05) is 10.9 Å². The maximum Gasteiger partial charge on any atom is 0.341 e. The Hall–Kier alpha value is -3.85. The number of esters is 2. The van der Waals surface area contributed by atoms with Gasteiger partial charge in [-0.3, -0.25) is 4.79 Å². The molecule has 0 saturated heterocycles. The normalized spacial score (nSPS) is 10.3. The van der Waals surface area contributed by atoms with Gasteiger partial charge < -0.3 is 25.3 Å². The molecule has 3 rings (SSSR count). The fraction of sp³-hybridized carbons (Fsp3) is 0.174. The number of methoxy groups -OCH3 is 2. The highest BCUT2D eigenvalue weighted by Crippen LogP contribution is 2.36. The number of anilines is 2. The van der Waals surface area contributed by atoms with Gasteiger partial charge in [-0.1, -0.05) is 29.8 Å². The van der Waals surface area contributed by atoms with Gasteiger partial charge in [-0.25, -0.2) is 9.59 Å². The third-order valence-electron chi connectivity index (χ3n) is 4.60. The molecule has 1 aromatic heterocycles. The summed E-state index contributed by atoms with van der Waals surface area (Å²) < 4.78 is 15.0. The lowest BCUT2D eigenvalue weighted by Crippen LogP contribution is -2.21. The van der Waals surface area contributed by atoms with Crippen molar-refractivity contribution in [3.63, 3.8) is 0 Å². The number of carbonyl (C=O) groups is 3. The predicted molar refractivity (Wildman–Crippen MR) is 122 cm³/mol. The minimum absolute atomic E-state index is 0.184. The van der Waals surface area contributed by atoms with Crippen LogP contribution in [0.1, 0.15) is 26.3 Å². The van der Waals surface area contributed by atoms with E-state index in [0.29, 0.717) is 16.3 Å². The van der Waals surface area contributed by atoms with Crippen molar-refractivity contribution in [1.29, 1.82) is 0 Å². The Morgan fingerprint density at radius 2 is 1.75 bits per heavy atom. The maximum atomic E-state index is 12.4. The number of amides is 1. The van der Waals surface area contributed by atoms with Crippen molar-refractivity contribution in [3.8, 4) is 16.9 Å². The molecule has 8 nitrogen and oxygen atoms in total. The van der Waals surface area contributed by atoms with Crippen LogP contribution in [0, 0.1) is 6.92 Å². The Labute approximate surface area is 188 Å². The topological polar surface area (TPSA) is 117 Å². The van der Waals surface area contributed by atoms with Crippen molar-refractivity contribution in [1.82, 2.24) is 0 Å². The van der Waals surface area contributed by atoms with E-state index in [2.05, 4.69) is 5.32 Å². The molecule has 0 aliphatic heterocycles. The van der Waals surface area contributed by atoms with E-state index in [4.69, 9.17) is 19.9 Å². The smallest absolute Gasteiger partial charge is 0.341 e. The summed E-state index contributed by atoms with van der Waals surface area (Å²) in [6.07, 6.45) is 0. The van der Waals surface area contributed by atoms with Crippen LogP contribution in [-0.4, -0.2) is 38.7 Å². The van der Waals surface area contributed by atoms with E-state index >= 15 is 0 Å². The van der Waals surface area contributed by atoms with Gasteiger partial charge in [-0.05, 0) is 30.7 Å². The van der Waals surface area contributed by atoms with Crippen LogP contribution in [0.5, 0.6) is 5.75 Å². The lowest BCUT2D eigenvalue weighted by Gasteiger charge is -2.09. The molecule has 1 heterocycles. The fourth-order valence-electron chi connectivity index (χ4n) is 2.94. The van der Waals surface area contributed by atoms with Crippen molar-refractivity contribution >= 4 is 39.9 Å². The molecule has 9 heteroatoms. The number of nitrogens with two attached hydrogens (primary N) is 1. The van der Waals surface area contributed by atoms with E-state index in [1.54, 1.807) is 5.38 Å². The molecule has 0 radical (unpaired) electrons. The molecule has 0 aliphatic rings. The monoisotopic (exact) mass is 454 g/mol. The van der Waals surface area contributed by atoms with Crippen LogP contribution in [0.15, 0.2) is 47.8 Å². The standard InChI is InChI=1S/C23H22N2O6S/c1-13-4-6-14(7-5-13)16-12-32-21(20(16)23(28)30-3)25-19(26)11-31-22(27)15-8-9-18(29-2)17(24)10-15/h4-10,12H,11,24H2,1-3H3,(H,25,26). The van der Waals surface area contributed by atoms with Gasteiger partial charge in [0.05, 0.1) is 25.5 Å².